The molecular weight excluding hydrogens is 701 g/mol. The predicted molar refractivity (Wildman–Crippen MR) is 225 cm³/mol. The maximum Gasteiger partial charge on any atom is 0.472 e. The Morgan fingerprint density at radius 2 is 0.833 bits per heavy atom. The molecular formula is C44H89NO8P+. The summed E-state index contributed by atoms with van der Waals surface area (Å²) in [5.74, 6) is -0.783. The molecule has 0 rings (SSSR count). The molecule has 1 N–H and O–H groups in total. The van der Waals surface area contributed by atoms with Gasteiger partial charge in [-0.3, -0.25) is 18.6 Å². The number of phosphoric acid groups is 1. The van der Waals surface area contributed by atoms with Gasteiger partial charge in [-0.1, -0.05) is 194 Å². The fourth-order valence-electron chi connectivity index (χ4n) is 6.54. The number of hydrogen-bond acceptors (Lipinski definition) is 7. The summed E-state index contributed by atoms with van der Waals surface area (Å²) in [5.41, 5.74) is 0. The number of hydrogen-bond donors (Lipinski definition) is 1. The van der Waals surface area contributed by atoms with E-state index in [0.717, 1.165) is 38.5 Å². The van der Waals surface area contributed by atoms with E-state index in [1.165, 1.54) is 154 Å². The van der Waals surface area contributed by atoms with E-state index in [1.807, 2.05) is 21.1 Å². The molecule has 322 valence electrons. The van der Waals surface area contributed by atoms with E-state index in [2.05, 4.69) is 13.8 Å². The van der Waals surface area contributed by atoms with Crippen molar-refractivity contribution >= 4 is 19.8 Å². The molecule has 0 aromatic carbocycles. The van der Waals surface area contributed by atoms with Gasteiger partial charge in [0.2, 0.25) is 0 Å². The highest BCUT2D eigenvalue weighted by Crippen LogP contribution is 2.43. The monoisotopic (exact) mass is 791 g/mol. The molecule has 2 atom stereocenters. The lowest BCUT2D eigenvalue weighted by molar-refractivity contribution is -0.870. The Labute approximate surface area is 334 Å². The van der Waals surface area contributed by atoms with Crippen LogP contribution in [0.2, 0.25) is 0 Å². The van der Waals surface area contributed by atoms with E-state index in [4.69, 9.17) is 18.5 Å². The minimum atomic E-state index is -4.37. The Bertz CT molecular complexity index is 896. The van der Waals surface area contributed by atoms with Crippen LogP contribution in [-0.4, -0.2) is 74.9 Å². The standard InChI is InChI=1S/C44H88NO8P/c1-6-8-10-12-14-16-18-20-22-23-25-27-29-31-33-35-37-44(47)53-42(41-52-54(48,49)51-39-38-45(3,4)5)40-50-43(46)36-34-32-30-28-26-24-21-19-17-15-13-11-9-7-2/h42H,6-41H2,1-5H3/p+1/t42-/m1/s1. The highest BCUT2D eigenvalue weighted by Gasteiger charge is 2.27. The summed E-state index contributed by atoms with van der Waals surface area (Å²) in [7, 11) is 1.49. The summed E-state index contributed by atoms with van der Waals surface area (Å²) < 4.78 is 34.3. The summed E-state index contributed by atoms with van der Waals surface area (Å²) in [6.07, 6.45) is 37.1. The zero-order chi connectivity index (χ0) is 40.0. The molecule has 0 spiro atoms. The Morgan fingerprint density at radius 3 is 1.19 bits per heavy atom. The fourth-order valence-corrected chi connectivity index (χ4v) is 7.29. The zero-order valence-corrected chi connectivity index (χ0v) is 37.1. The lowest BCUT2D eigenvalue weighted by Crippen LogP contribution is -2.37. The van der Waals surface area contributed by atoms with Gasteiger partial charge >= 0.3 is 19.8 Å². The Hall–Kier alpha value is -0.990. The fraction of sp³-hybridized carbons (Fsp3) is 0.955. The second-order valence-electron chi connectivity index (χ2n) is 16.8. The number of esters is 2. The molecule has 9 nitrogen and oxygen atoms in total. The Kier molecular flexibility index (Phi) is 36.9. The summed E-state index contributed by atoms with van der Waals surface area (Å²) in [5, 5.41) is 0. The van der Waals surface area contributed by atoms with Crippen molar-refractivity contribution in [2.45, 2.75) is 225 Å². The smallest absolute Gasteiger partial charge is 0.462 e. The second kappa shape index (κ2) is 37.6. The van der Waals surface area contributed by atoms with E-state index >= 15 is 0 Å². The van der Waals surface area contributed by atoms with Gasteiger partial charge < -0.3 is 18.9 Å². The van der Waals surface area contributed by atoms with E-state index in [-0.39, 0.29) is 25.6 Å². The first kappa shape index (κ1) is 53.0. The Balaban J connectivity index is 4.29. The number of nitrogens with zero attached hydrogens (tertiary/aromatic N) is 1. The van der Waals surface area contributed by atoms with Gasteiger partial charge in [-0.05, 0) is 12.8 Å². The minimum absolute atomic E-state index is 0.0369. The van der Waals surface area contributed by atoms with Crippen LogP contribution in [0.4, 0.5) is 0 Å². The van der Waals surface area contributed by atoms with Gasteiger partial charge in [0.1, 0.15) is 19.8 Å². The third-order valence-corrected chi connectivity index (χ3v) is 11.1. The average molecular weight is 791 g/mol. The molecule has 0 aliphatic heterocycles. The van der Waals surface area contributed by atoms with E-state index in [1.54, 1.807) is 0 Å². The maximum atomic E-state index is 12.7. The first-order valence-electron chi connectivity index (χ1n) is 22.8. The largest absolute Gasteiger partial charge is 0.472 e. The van der Waals surface area contributed by atoms with Crippen LogP contribution in [0.15, 0.2) is 0 Å². The molecule has 0 aromatic rings. The number of carbonyl (C=O) groups excluding carboxylic acids is 2. The van der Waals surface area contributed by atoms with Gasteiger partial charge in [0.05, 0.1) is 27.7 Å². The number of phosphoric ester groups is 1. The van der Waals surface area contributed by atoms with Crippen LogP contribution in [0.3, 0.4) is 0 Å². The molecule has 0 heterocycles. The van der Waals surface area contributed by atoms with Crippen LogP contribution in [0, 0.1) is 0 Å². The zero-order valence-electron chi connectivity index (χ0n) is 36.2. The van der Waals surface area contributed by atoms with Gasteiger partial charge in [0, 0.05) is 12.8 Å². The molecule has 54 heavy (non-hydrogen) atoms. The second-order valence-corrected chi connectivity index (χ2v) is 18.3. The first-order chi connectivity index (χ1) is 26.0. The third kappa shape index (κ3) is 40.7. The number of likely N-dealkylation sites (N-methyl/N-ethyl adjacent to an activating group) is 1. The summed E-state index contributed by atoms with van der Waals surface area (Å²) >= 11 is 0. The molecule has 0 amide bonds. The number of rotatable bonds is 42. The molecule has 0 bridgehead atoms. The van der Waals surface area contributed by atoms with E-state index in [9.17, 15) is 19.0 Å². The van der Waals surface area contributed by atoms with Crippen molar-refractivity contribution in [1.82, 2.24) is 0 Å². The van der Waals surface area contributed by atoms with E-state index < -0.39 is 26.5 Å². The Morgan fingerprint density at radius 1 is 0.500 bits per heavy atom. The summed E-state index contributed by atoms with van der Waals surface area (Å²) in [6.45, 7) is 4.46. The van der Waals surface area contributed by atoms with Gasteiger partial charge in [-0.15, -0.1) is 0 Å². The van der Waals surface area contributed by atoms with Gasteiger partial charge in [0.25, 0.3) is 0 Å². The minimum Gasteiger partial charge on any atom is -0.462 e. The van der Waals surface area contributed by atoms with Crippen molar-refractivity contribution in [3.8, 4) is 0 Å². The van der Waals surface area contributed by atoms with E-state index in [0.29, 0.717) is 17.4 Å². The quantitative estimate of drug-likeness (QED) is 0.0282. The summed E-state index contributed by atoms with van der Waals surface area (Å²) in [6, 6.07) is 0. The van der Waals surface area contributed by atoms with Gasteiger partial charge in [0.15, 0.2) is 6.10 Å². The lowest BCUT2D eigenvalue weighted by Gasteiger charge is -2.24. The molecule has 0 aromatic heterocycles. The number of unbranched alkanes of at least 4 members (excludes halogenated alkanes) is 28. The maximum absolute atomic E-state index is 12.7. The van der Waals surface area contributed by atoms with Gasteiger partial charge in [-0.2, -0.15) is 0 Å². The normalized spacial score (nSPS) is 13.5. The molecule has 0 aliphatic rings. The molecule has 0 saturated heterocycles. The van der Waals surface area contributed by atoms with Crippen molar-refractivity contribution < 1.29 is 42.1 Å². The van der Waals surface area contributed by atoms with Crippen LogP contribution in [-0.2, 0) is 32.7 Å². The van der Waals surface area contributed by atoms with Crippen LogP contribution < -0.4 is 0 Å². The number of ether oxygens (including phenoxy) is 2. The average Bonchev–Trinajstić information content (AvgIpc) is 3.12. The molecule has 1 unspecified atom stereocenters. The van der Waals surface area contributed by atoms with Crippen LogP contribution in [0.1, 0.15) is 219 Å². The van der Waals surface area contributed by atoms with Crippen molar-refractivity contribution in [1.29, 1.82) is 0 Å². The molecule has 10 heteroatoms. The van der Waals surface area contributed by atoms with Crippen molar-refractivity contribution in [2.24, 2.45) is 0 Å². The number of carbonyl (C=O) groups is 2. The molecule has 0 aliphatic carbocycles. The summed E-state index contributed by atoms with van der Waals surface area (Å²) in [4.78, 5) is 35.4. The topological polar surface area (TPSA) is 108 Å². The lowest BCUT2D eigenvalue weighted by atomic mass is 10.0. The third-order valence-electron chi connectivity index (χ3n) is 10.1. The van der Waals surface area contributed by atoms with Crippen LogP contribution in [0.5, 0.6) is 0 Å². The van der Waals surface area contributed by atoms with Crippen molar-refractivity contribution in [3.63, 3.8) is 0 Å². The van der Waals surface area contributed by atoms with Crippen molar-refractivity contribution in [2.75, 3.05) is 47.5 Å². The van der Waals surface area contributed by atoms with Crippen LogP contribution >= 0.6 is 7.82 Å². The molecule has 0 radical (unpaired) electrons. The molecule has 0 fully saturated rings. The highest BCUT2D eigenvalue weighted by molar-refractivity contribution is 7.47. The highest BCUT2D eigenvalue weighted by atomic mass is 31.2. The van der Waals surface area contributed by atoms with Crippen LogP contribution in [0.25, 0.3) is 0 Å². The predicted octanol–water partition coefficient (Wildman–Crippen LogP) is 12.8. The van der Waals surface area contributed by atoms with Crippen molar-refractivity contribution in [3.05, 3.63) is 0 Å². The number of quaternary nitrogens is 1. The first-order valence-corrected chi connectivity index (χ1v) is 24.3. The van der Waals surface area contributed by atoms with Gasteiger partial charge in [-0.25, -0.2) is 4.57 Å². The SMILES string of the molecule is CCCCCCCCCCCCCCCCCCC(=O)O[C@H](COC(=O)CCCCCCCCCCCCCCCC)COP(=O)(O)OCC[N+](C)(C)C. The molecule has 0 saturated carbocycles.